The van der Waals surface area contributed by atoms with E-state index in [1.165, 1.54) is 6.07 Å². The van der Waals surface area contributed by atoms with Crippen LogP contribution in [-0.4, -0.2) is 36.1 Å². The summed E-state index contributed by atoms with van der Waals surface area (Å²) in [6.45, 7) is 0.864. The van der Waals surface area contributed by atoms with Crippen molar-refractivity contribution >= 4 is 23.2 Å². The van der Waals surface area contributed by atoms with Gasteiger partial charge < -0.3 is 10.1 Å². The second kappa shape index (κ2) is 6.87. The van der Waals surface area contributed by atoms with Crippen molar-refractivity contribution < 1.29 is 14.5 Å². The molecule has 1 rings (SSSR count). The number of nitro groups is 1. The van der Waals surface area contributed by atoms with Crippen molar-refractivity contribution in [3.8, 4) is 0 Å². The molecule has 0 aliphatic rings. The topological polar surface area (TPSA) is 94.4 Å². The van der Waals surface area contributed by atoms with E-state index in [1.807, 2.05) is 0 Å². The highest BCUT2D eigenvalue weighted by Crippen LogP contribution is 2.19. The van der Waals surface area contributed by atoms with Crippen LogP contribution in [0, 0.1) is 10.1 Å². The lowest BCUT2D eigenvalue weighted by Crippen LogP contribution is -2.26. The van der Waals surface area contributed by atoms with Crippen molar-refractivity contribution in [2.45, 2.75) is 6.42 Å². The summed E-state index contributed by atoms with van der Waals surface area (Å²) in [6.07, 6.45) is 1.58. The lowest BCUT2D eigenvalue weighted by molar-refractivity contribution is -0.385. The van der Waals surface area contributed by atoms with Gasteiger partial charge in [-0.3, -0.25) is 14.9 Å². The number of nitrogens with one attached hydrogen (secondary N) is 1. The van der Waals surface area contributed by atoms with Gasteiger partial charge in [0.25, 0.3) is 11.6 Å². The summed E-state index contributed by atoms with van der Waals surface area (Å²) >= 11 is 5.62. The predicted octanol–water partition coefficient (Wildman–Crippen LogP) is 1.41. The van der Waals surface area contributed by atoms with E-state index in [4.69, 9.17) is 16.3 Å². The van der Waals surface area contributed by atoms with Gasteiger partial charge in [0.2, 0.25) is 0 Å². The van der Waals surface area contributed by atoms with Crippen LogP contribution in [0.15, 0.2) is 12.3 Å². The molecule has 18 heavy (non-hydrogen) atoms. The lowest BCUT2D eigenvalue weighted by Gasteiger charge is -2.05. The average Bonchev–Trinajstić information content (AvgIpc) is 2.34. The van der Waals surface area contributed by atoms with Crippen molar-refractivity contribution in [2.24, 2.45) is 0 Å². The van der Waals surface area contributed by atoms with E-state index in [2.05, 4.69) is 10.3 Å². The van der Waals surface area contributed by atoms with Crippen LogP contribution in [0.5, 0.6) is 0 Å². The first-order chi connectivity index (χ1) is 8.56. The normalized spacial score (nSPS) is 10.1. The maximum atomic E-state index is 11.7. The molecule has 7 nitrogen and oxygen atoms in total. The molecule has 0 unspecified atom stereocenters. The number of aromatic nitrogens is 1. The summed E-state index contributed by atoms with van der Waals surface area (Å²) < 4.78 is 4.82. The fraction of sp³-hybridized carbons (Fsp3) is 0.400. The fourth-order valence-electron chi connectivity index (χ4n) is 1.26. The Morgan fingerprint density at radius 3 is 3.00 bits per heavy atom. The van der Waals surface area contributed by atoms with E-state index >= 15 is 0 Å². The summed E-state index contributed by atoms with van der Waals surface area (Å²) in [4.78, 5) is 25.4. The zero-order valence-electron chi connectivity index (χ0n) is 9.68. The molecule has 98 valence electrons. The molecule has 0 aliphatic heterocycles. The highest BCUT2D eigenvalue weighted by atomic mass is 35.5. The molecule has 1 N–H and O–H groups in total. The Balaban J connectivity index is 2.77. The van der Waals surface area contributed by atoms with Crippen LogP contribution in [-0.2, 0) is 4.74 Å². The molecule has 0 saturated heterocycles. The largest absolute Gasteiger partial charge is 0.385 e. The third-order valence-corrected chi connectivity index (χ3v) is 2.31. The summed E-state index contributed by atoms with van der Waals surface area (Å²) in [5.74, 6) is -0.554. The lowest BCUT2D eigenvalue weighted by atomic mass is 10.2. The highest BCUT2D eigenvalue weighted by Gasteiger charge is 2.20. The summed E-state index contributed by atoms with van der Waals surface area (Å²) in [6, 6.07) is 1.17. The zero-order valence-corrected chi connectivity index (χ0v) is 10.4. The van der Waals surface area contributed by atoms with Crippen molar-refractivity contribution in [1.82, 2.24) is 10.3 Å². The van der Waals surface area contributed by atoms with Crippen molar-refractivity contribution in [3.05, 3.63) is 33.1 Å². The van der Waals surface area contributed by atoms with Gasteiger partial charge in [-0.05, 0) is 12.5 Å². The number of carbonyl (C=O) groups excluding carboxylic acids is 1. The van der Waals surface area contributed by atoms with Crippen molar-refractivity contribution in [3.63, 3.8) is 0 Å². The van der Waals surface area contributed by atoms with E-state index in [-0.39, 0.29) is 16.4 Å². The maximum Gasteiger partial charge on any atom is 0.300 e. The van der Waals surface area contributed by atoms with Gasteiger partial charge in [0, 0.05) is 20.3 Å². The zero-order chi connectivity index (χ0) is 13.5. The third-order valence-electron chi connectivity index (χ3n) is 2.10. The molecule has 0 saturated carbocycles. The van der Waals surface area contributed by atoms with Gasteiger partial charge in [-0.1, -0.05) is 11.6 Å². The van der Waals surface area contributed by atoms with Crippen LogP contribution >= 0.6 is 11.6 Å². The molecular formula is C10H12ClN3O4. The monoisotopic (exact) mass is 273 g/mol. The first-order valence-corrected chi connectivity index (χ1v) is 5.51. The number of halogens is 1. The van der Waals surface area contributed by atoms with Crippen LogP contribution in [0.1, 0.15) is 16.8 Å². The number of carbonyl (C=O) groups is 1. The van der Waals surface area contributed by atoms with Gasteiger partial charge in [-0.15, -0.1) is 0 Å². The number of nitrogens with zero attached hydrogens (tertiary/aromatic N) is 2. The van der Waals surface area contributed by atoms with Gasteiger partial charge in [-0.25, -0.2) is 4.98 Å². The molecule has 0 spiro atoms. The summed E-state index contributed by atoms with van der Waals surface area (Å²) in [5.41, 5.74) is -0.471. The van der Waals surface area contributed by atoms with Crippen LogP contribution in [0.25, 0.3) is 0 Å². The molecule has 1 amide bonds. The molecule has 8 heteroatoms. The molecule has 0 bridgehead atoms. The molecule has 0 fully saturated rings. The second-order valence-corrected chi connectivity index (χ2v) is 3.77. The molecule has 0 atom stereocenters. The first-order valence-electron chi connectivity index (χ1n) is 5.13. The van der Waals surface area contributed by atoms with Gasteiger partial charge in [0.1, 0.15) is 16.9 Å². The van der Waals surface area contributed by atoms with Crippen LogP contribution < -0.4 is 5.32 Å². The standard InChI is InChI=1S/C10H12ClN3O4/c1-18-4-2-3-12-10(15)7-5-9(11)13-6-8(7)14(16)17/h5-6H,2-4H2,1H3,(H,12,15). The average molecular weight is 274 g/mol. The number of hydrogen-bond donors (Lipinski definition) is 1. The van der Waals surface area contributed by atoms with Gasteiger partial charge in [0.05, 0.1) is 4.92 Å². The van der Waals surface area contributed by atoms with E-state index < -0.39 is 10.8 Å². The van der Waals surface area contributed by atoms with Gasteiger partial charge >= 0.3 is 0 Å². The second-order valence-electron chi connectivity index (χ2n) is 3.38. The smallest absolute Gasteiger partial charge is 0.300 e. The maximum absolute atomic E-state index is 11.7. The number of pyridine rings is 1. The third kappa shape index (κ3) is 3.94. The number of ether oxygens (including phenoxy) is 1. The Morgan fingerprint density at radius 2 is 2.39 bits per heavy atom. The van der Waals surface area contributed by atoms with Crippen LogP contribution in [0.2, 0.25) is 5.15 Å². The highest BCUT2D eigenvalue weighted by molar-refractivity contribution is 6.29. The molecule has 1 aromatic rings. The molecule has 1 heterocycles. The van der Waals surface area contributed by atoms with Crippen molar-refractivity contribution in [1.29, 1.82) is 0 Å². The van der Waals surface area contributed by atoms with Crippen LogP contribution in [0.4, 0.5) is 5.69 Å². The quantitative estimate of drug-likeness (QED) is 0.366. The number of amides is 1. The minimum absolute atomic E-state index is 0.0302. The number of rotatable bonds is 6. The molecule has 0 radical (unpaired) electrons. The number of hydrogen-bond acceptors (Lipinski definition) is 5. The Kier molecular flexibility index (Phi) is 5.47. The van der Waals surface area contributed by atoms with Crippen molar-refractivity contribution in [2.75, 3.05) is 20.3 Å². The van der Waals surface area contributed by atoms with Crippen LogP contribution in [0.3, 0.4) is 0 Å². The predicted molar refractivity (Wildman–Crippen MR) is 64.7 cm³/mol. The molecular weight excluding hydrogens is 262 g/mol. The minimum Gasteiger partial charge on any atom is -0.385 e. The van der Waals surface area contributed by atoms with E-state index in [9.17, 15) is 14.9 Å². The Bertz CT molecular complexity index is 453. The van der Waals surface area contributed by atoms with Gasteiger partial charge in [0.15, 0.2) is 0 Å². The van der Waals surface area contributed by atoms with E-state index in [0.29, 0.717) is 19.6 Å². The molecule has 0 aromatic carbocycles. The van der Waals surface area contributed by atoms with E-state index in [1.54, 1.807) is 7.11 Å². The molecule has 0 aliphatic carbocycles. The summed E-state index contributed by atoms with van der Waals surface area (Å²) in [7, 11) is 1.55. The Morgan fingerprint density at radius 1 is 1.67 bits per heavy atom. The fourth-order valence-corrected chi connectivity index (χ4v) is 1.42. The first kappa shape index (κ1) is 14.3. The Hall–Kier alpha value is -1.73. The number of methoxy groups -OCH3 is 1. The minimum atomic E-state index is -0.673. The SMILES string of the molecule is COCCCNC(=O)c1cc(Cl)ncc1[N+](=O)[O-]. The Labute approximate surface area is 108 Å². The molecule has 1 aromatic heterocycles. The summed E-state index contributed by atoms with van der Waals surface area (Å²) in [5, 5.41) is 13.3. The van der Waals surface area contributed by atoms with E-state index in [0.717, 1.165) is 6.20 Å². The van der Waals surface area contributed by atoms with Gasteiger partial charge in [-0.2, -0.15) is 0 Å².